The third-order valence-corrected chi connectivity index (χ3v) is 3.58. The van der Waals surface area contributed by atoms with E-state index in [2.05, 4.69) is 43.4 Å². The Morgan fingerprint density at radius 3 is 2.56 bits per heavy atom. The van der Waals surface area contributed by atoms with Crippen LogP contribution in [-0.2, 0) is 4.79 Å². The van der Waals surface area contributed by atoms with Crippen molar-refractivity contribution in [1.29, 1.82) is 0 Å². The number of carbonyl (C=O) groups is 1. The molecule has 0 saturated carbocycles. The van der Waals surface area contributed by atoms with Gasteiger partial charge in [-0.3, -0.25) is 4.79 Å². The van der Waals surface area contributed by atoms with Crippen LogP contribution in [0.25, 0.3) is 0 Å². The Bertz CT molecular complexity index is 411. The number of amides is 1. The molecule has 3 heteroatoms. The fourth-order valence-electron chi connectivity index (χ4n) is 2.31. The Hall–Kier alpha value is -1.35. The van der Waals surface area contributed by atoms with Gasteiger partial charge in [-0.25, -0.2) is 0 Å². The third-order valence-electron chi connectivity index (χ3n) is 3.58. The van der Waals surface area contributed by atoms with E-state index in [9.17, 15) is 4.79 Å². The van der Waals surface area contributed by atoms with E-state index < -0.39 is 0 Å². The van der Waals surface area contributed by atoms with Crippen LogP contribution in [0.2, 0.25) is 0 Å². The fourth-order valence-corrected chi connectivity index (χ4v) is 2.31. The first kappa shape index (κ1) is 13.1. The minimum absolute atomic E-state index is 0.171. The number of nitrogens with one attached hydrogen (secondary N) is 1. The average Bonchev–Trinajstić information content (AvgIpc) is 2.53. The quantitative estimate of drug-likeness (QED) is 0.868. The summed E-state index contributed by atoms with van der Waals surface area (Å²) in [5, 5.41) is 3.34. The maximum Gasteiger partial charge on any atom is 0.244 e. The molecule has 0 bridgehead atoms. The Morgan fingerprint density at radius 1 is 1.28 bits per heavy atom. The molecule has 1 aliphatic rings. The van der Waals surface area contributed by atoms with E-state index in [1.54, 1.807) is 0 Å². The zero-order valence-corrected chi connectivity index (χ0v) is 11.4. The molecule has 0 spiro atoms. The molecule has 1 aromatic carbocycles. The molecule has 1 aliphatic heterocycles. The first-order valence-electron chi connectivity index (χ1n) is 6.68. The summed E-state index contributed by atoms with van der Waals surface area (Å²) in [4.78, 5) is 14.0. The lowest BCUT2D eigenvalue weighted by Gasteiger charge is -2.20. The summed E-state index contributed by atoms with van der Waals surface area (Å²) >= 11 is 0. The van der Waals surface area contributed by atoms with E-state index in [1.165, 1.54) is 5.56 Å². The van der Waals surface area contributed by atoms with Gasteiger partial charge in [0, 0.05) is 13.6 Å². The number of benzene rings is 1. The van der Waals surface area contributed by atoms with Gasteiger partial charge in [-0.15, -0.1) is 0 Å². The van der Waals surface area contributed by atoms with Gasteiger partial charge in [-0.1, -0.05) is 38.1 Å². The number of hydrogen-bond acceptors (Lipinski definition) is 2. The molecule has 1 N–H and O–H groups in total. The zero-order valence-electron chi connectivity index (χ0n) is 11.4. The predicted octanol–water partition coefficient (Wildman–Crippen LogP) is 2.30. The first-order valence-corrected chi connectivity index (χ1v) is 6.68. The summed E-state index contributed by atoms with van der Waals surface area (Å²) < 4.78 is 0. The van der Waals surface area contributed by atoms with Crippen LogP contribution >= 0.6 is 0 Å². The standard InChI is InChI=1S/C15H22N2O/c1-11(2)12-5-7-13(8-6-12)14-15(18)17(3)10-4-9-16-14/h5-8,11,14,16H,4,9-10H2,1-3H3. The molecule has 2 rings (SSSR count). The number of nitrogens with zero attached hydrogens (tertiary/aromatic N) is 1. The Morgan fingerprint density at radius 2 is 1.94 bits per heavy atom. The van der Waals surface area contributed by atoms with Crippen molar-refractivity contribution in [3.8, 4) is 0 Å². The van der Waals surface area contributed by atoms with Gasteiger partial charge in [-0.05, 0) is 30.0 Å². The van der Waals surface area contributed by atoms with Crippen molar-refractivity contribution in [1.82, 2.24) is 10.2 Å². The molecule has 3 nitrogen and oxygen atoms in total. The Labute approximate surface area is 109 Å². The van der Waals surface area contributed by atoms with Crippen LogP contribution in [-0.4, -0.2) is 30.9 Å². The molecule has 1 aromatic rings. The molecular weight excluding hydrogens is 224 g/mol. The van der Waals surface area contributed by atoms with Gasteiger partial charge in [0.15, 0.2) is 0 Å². The lowest BCUT2D eigenvalue weighted by molar-refractivity contribution is -0.131. The van der Waals surface area contributed by atoms with Crippen LogP contribution in [0.4, 0.5) is 0 Å². The molecule has 1 atom stereocenters. The molecular formula is C15H22N2O. The normalized spacial score (nSPS) is 21.2. The molecule has 1 amide bonds. The van der Waals surface area contributed by atoms with E-state index in [0.29, 0.717) is 5.92 Å². The predicted molar refractivity (Wildman–Crippen MR) is 73.5 cm³/mol. The molecule has 18 heavy (non-hydrogen) atoms. The highest BCUT2D eigenvalue weighted by Gasteiger charge is 2.25. The van der Waals surface area contributed by atoms with Gasteiger partial charge >= 0.3 is 0 Å². The van der Waals surface area contributed by atoms with Gasteiger partial charge in [-0.2, -0.15) is 0 Å². The van der Waals surface area contributed by atoms with Crippen LogP contribution in [0.1, 0.15) is 43.4 Å². The summed E-state index contributed by atoms with van der Waals surface area (Å²) in [5.41, 5.74) is 2.38. The van der Waals surface area contributed by atoms with Gasteiger partial charge in [0.05, 0.1) is 0 Å². The Balaban J connectivity index is 2.21. The second kappa shape index (κ2) is 5.53. The van der Waals surface area contributed by atoms with Crippen LogP contribution < -0.4 is 5.32 Å². The minimum Gasteiger partial charge on any atom is -0.344 e. The topological polar surface area (TPSA) is 32.3 Å². The van der Waals surface area contributed by atoms with Crippen molar-refractivity contribution in [2.24, 2.45) is 0 Å². The van der Waals surface area contributed by atoms with E-state index in [0.717, 1.165) is 25.1 Å². The lowest BCUT2D eigenvalue weighted by atomic mass is 9.98. The second-order valence-electron chi connectivity index (χ2n) is 5.32. The highest BCUT2D eigenvalue weighted by atomic mass is 16.2. The van der Waals surface area contributed by atoms with Crippen molar-refractivity contribution in [2.75, 3.05) is 20.1 Å². The molecule has 1 fully saturated rings. The van der Waals surface area contributed by atoms with Crippen molar-refractivity contribution in [2.45, 2.75) is 32.2 Å². The minimum atomic E-state index is -0.182. The van der Waals surface area contributed by atoms with Crippen LogP contribution in [0.5, 0.6) is 0 Å². The van der Waals surface area contributed by atoms with Gasteiger partial charge < -0.3 is 10.2 Å². The van der Waals surface area contributed by atoms with Gasteiger partial charge in [0.25, 0.3) is 0 Å². The van der Waals surface area contributed by atoms with Crippen LogP contribution in [0.15, 0.2) is 24.3 Å². The van der Waals surface area contributed by atoms with E-state index in [4.69, 9.17) is 0 Å². The number of rotatable bonds is 2. The molecule has 1 unspecified atom stereocenters. The highest BCUT2D eigenvalue weighted by Crippen LogP contribution is 2.21. The summed E-state index contributed by atoms with van der Waals surface area (Å²) in [6.45, 7) is 6.09. The largest absolute Gasteiger partial charge is 0.344 e. The highest BCUT2D eigenvalue weighted by molar-refractivity contribution is 5.83. The lowest BCUT2D eigenvalue weighted by Crippen LogP contribution is -2.35. The van der Waals surface area contributed by atoms with Gasteiger partial charge in [0.1, 0.15) is 6.04 Å². The molecule has 1 heterocycles. The SMILES string of the molecule is CC(C)c1ccc(C2NCCCN(C)C2=O)cc1. The molecule has 98 valence electrons. The van der Waals surface area contributed by atoms with Crippen molar-refractivity contribution < 1.29 is 4.79 Å². The summed E-state index contributed by atoms with van der Waals surface area (Å²) in [7, 11) is 1.88. The zero-order chi connectivity index (χ0) is 13.1. The number of likely N-dealkylation sites (N-methyl/N-ethyl adjacent to an activating group) is 1. The fraction of sp³-hybridized carbons (Fsp3) is 0.533. The molecule has 1 saturated heterocycles. The number of hydrogen-bond donors (Lipinski definition) is 1. The smallest absolute Gasteiger partial charge is 0.244 e. The van der Waals surface area contributed by atoms with E-state index in [-0.39, 0.29) is 11.9 Å². The van der Waals surface area contributed by atoms with E-state index >= 15 is 0 Å². The number of carbonyl (C=O) groups excluding carboxylic acids is 1. The second-order valence-corrected chi connectivity index (χ2v) is 5.32. The maximum absolute atomic E-state index is 12.2. The van der Waals surface area contributed by atoms with Crippen molar-refractivity contribution in [3.63, 3.8) is 0 Å². The third kappa shape index (κ3) is 2.72. The molecule has 0 radical (unpaired) electrons. The van der Waals surface area contributed by atoms with Crippen LogP contribution in [0, 0.1) is 0 Å². The van der Waals surface area contributed by atoms with Crippen molar-refractivity contribution >= 4 is 5.91 Å². The Kier molecular flexibility index (Phi) is 4.02. The van der Waals surface area contributed by atoms with Gasteiger partial charge in [0.2, 0.25) is 5.91 Å². The van der Waals surface area contributed by atoms with Crippen molar-refractivity contribution in [3.05, 3.63) is 35.4 Å². The maximum atomic E-state index is 12.2. The summed E-state index contributed by atoms with van der Waals surface area (Å²) in [6.07, 6.45) is 1.02. The molecule has 0 aromatic heterocycles. The summed E-state index contributed by atoms with van der Waals surface area (Å²) in [5.74, 6) is 0.698. The first-order chi connectivity index (χ1) is 8.59. The monoisotopic (exact) mass is 246 g/mol. The average molecular weight is 246 g/mol. The van der Waals surface area contributed by atoms with E-state index in [1.807, 2.05) is 11.9 Å². The summed E-state index contributed by atoms with van der Waals surface area (Å²) in [6, 6.07) is 8.21. The van der Waals surface area contributed by atoms with Crippen LogP contribution in [0.3, 0.4) is 0 Å². The molecule has 0 aliphatic carbocycles.